The van der Waals surface area contributed by atoms with Crippen LogP contribution in [0.4, 0.5) is 0 Å². The predicted octanol–water partition coefficient (Wildman–Crippen LogP) is -0.928. The Hall–Kier alpha value is -7.88. The highest BCUT2D eigenvalue weighted by atomic mass is 16.8. The van der Waals surface area contributed by atoms with Crippen molar-refractivity contribution in [3.05, 3.63) is 94.8 Å². The second kappa shape index (κ2) is 26.8. The molecule has 0 spiro atoms. The van der Waals surface area contributed by atoms with Gasteiger partial charge in [0.2, 0.25) is 24.1 Å². The minimum Gasteiger partial charge on any atom is -0.508 e. The topological polar surface area (TPSA) is 437 Å². The van der Waals surface area contributed by atoms with Crippen LogP contribution in [0.5, 0.6) is 63.2 Å². The van der Waals surface area contributed by atoms with E-state index in [2.05, 4.69) is 0 Å². The molecule has 3 fully saturated rings. The molecule has 4 heterocycles. The lowest BCUT2D eigenvalue weighted by atomic mass is 9.97. The standard InChI is InChI=1S/C55H62O29/c1-72-31-11-22(12-32(73-2)41(31)62)5-9-39(60)76-20-37-44(65)47(68)50(71)54(82-37)84-52-48(69)45(66)38(21-77-40(61)10-6-23-13-33(74-3)42(63)34(14-23)75-4)83-55(52)80-35-18-26-29(78-51(35)24-7-8-27(58)28(59)15-24)16-25(57)17-30(26)79-53-49(70)46(67)43(64)36(19-56)81-53/h5-18,36-38,43-59,62-71H,19-21H2,1-4H3/b9-5+,10-6+/t36-,37-,38-,43-,44-,45-,46+,47+,48+,49-,50-,51?,52-,53-,54+,55-/m1/s1. The molecule has 0 aromatic heterocycles. The van der Waals surface area contributed by atoms with Crippen LogP contribution in [0.15, 0.2) is 72.5 Å². The van der Waals surface area contributed by atoms with Gasteiger partial charge in [-0.05, 0) is 65.8 Å². The highest BCUT2D eigenvalue weighted by molar-refractivity contribution is 5.88. The Morgan fingerprint density at radius 2 is 1.01 bits per heavy atom. The average molecular weight is 1190 g/mol. The van der Waals surface area contributed by atoms with E-state index < -0.39 is 147 Å². The van der Waals surface area contributed by atoms with Crippen LogP contribution in [0.25, 0.3) is 18.2 Å². The van der Waals surface area contributed by atoms with Crippen LogP contribution in [-0.2, 0) is 42.7 Å². The van der Waals surface area contributed by atoms with Crippen molar-refractivity contribution < 1.29 is 143 Å². The van der Waals surface area contributed by atoms with Crippen molar-refractivity contribution in [2.24, 2.45) is 0 Å². The van der Waals surface area contributed by atoms with Gasteiger partial charge in [0, 0.05) is 29.8 Å². The highest BCUT2D eigenvalue weighted by Crippen LogP contribution is 2.47. The lowest BCUT2D eigenvalue weighted by molar-refractivity contribution is -0.364. The van der Waals surface area contributed by atoms with Crippen LogP contribution in [0.2, 0.25) is 0 Å². The van der Waals surface area contributed by atoms with E-state index in [0.29, 0.717) is 11.1 Å². The quantitative estimate of drug-likeness (QED) is 0.0289. The predicted molar refractivity (Wildman–Crippen MR) is 279 cm³/mol. The summed E-state index contributed by atoms with van der Waals surface area (Å²) >= 11 is 0. The van der Waals surface area contributed by atoms with Crippen LogP contribution < -0.4 is 28.4 Å². The number of benzene rings is 4. The van der Waals surface area contributed by atoms with Crippen molar-refractivity contribution in [2.75, 3.05) is 48.3 Å². The molecule has 0 aliphatic carbocycles. The first-order chi connectivity index (χ1) is 40.1. The number of phenols is 5. The molecule has 0 bridgehead atoms. The number of rotatable bonds is 20. The van der Waals surface area contributed by atoms with E-state index in [4.69, 9.17) is 61.6 Å². The molecule has 0 radical (unpaired) electrons. The Morgan fingerprint density at radius 3 is 1.52 bits per heavy atom. The number of methoxy groups -OCH3 is 4. The SMILES string of the molecule is COc1cc(/C=C/C(=O)OC[C@H]2O[C@@H](O[C@H]3[C@H](OC4=Cc5c(cc(O)cc5O[C@@H]5O[C@H](CO)[C@@H](O)[C@H](O)[C@H]5O)OC4c4ccc(O)c(O)c4)O[C@H](COC(=O)/C=C/c4cc(OC)c(O)c(OC)c4)[C@@H](O)[C@@H]3O)[C@H](O)[C@@H](O)[C@@H]2O)cc(OC)c1O. The molecular formula is C55H62O29. The summed E-state index contributed by atoms with van der Waals surface area (Å²) in [6.45, 7) is -2.46. The molecule has 14 N–H and O–H groups in total. The fraction of sp³-hybridized carbons (Fsp3) is 0.418. The zero-order valence-electron chi connectivity index (χ0n) is 44.8. The van der Waals surface area contributed by atoms with Crippen LogP contribution in [-0.4, -0.2) is 224 Å². The van der Waals surface area contributed by atoms with Crippen LogP contribution in [0.1, 0.15) is 28.4 Å². The maximum absolute atomic E-state index is 13.2. The third-order valence-corrected chi connectivity index (χ3v) is 13.7. The molecule has 4 aromatic rings. The van der Waals surface area contributed by atoms with Gasteiger partial charge in [0.15, 0.2) is 53.0 Å². The summed E-state index contributed by atoms with van der Waals surface area (Å²) in [6.07, 6.45) is -24.8. The van der Waals surface area contributed by atoms with Crippen molar-refractivity contribution in [2.45, 2.75) is 98.2 Å². The van der Waals surface area contributed by atoms with E-state index in [1.807, 2.05) is 0 Å². The highest BCUT2D eigenvalue weighted by Gasteiger charge is 2.53. The third kappa shape index (κ3) is 13.5. The summed E-state index contributed by atoms with van der Waals surface area (Å²) in [5.41, 5.74) is 0.539. The van der Waals surface area contributed by atoms with Gasteiger partial charge in [0.1, 0.15) is 103 Å². The summed E-state index contributed by atoms with van der Waals surface area (Å²) in [5.74, 6) is -5.24. The maximum Gasteiger partial charge on any atom is 0.330 e. The van der Waals surface area contributed by atoms with Gasteiger partial charge in [-0.25, -0.2) is 9.59 Å². The summed E-state index contributed by atoms with van der Waals surface area (Å²) in [5, 5.41) is 151. The zero-order chi connectivity index (χ0) is 60.8. The first-order valence-corrected chi connectivity index (χ1v) is 25.5. The number of aliphatic hydroxyl groups is 9. The number of carbonyl (C=O) groups is 2. The van der Waals surface area contributed by atoms with Crippen molar-refractivity contribution in [1.82, 2.24) is 0 Å². The molecule has 0 amide bonds. The second-order valence-corrected chi connectivity index (χ2v) is 19.2. The zero-order valence-corrected chi connectivity index (χ0v) is 44.8. The number of aliphatic hydroxyl groups excluding tert-OH is 9. The van der Waals surface area contributed by atoms with E-state index >= 15 is 0 Å². The normalized spacial score (nSPS) is 29.5. The average Bonchev–Trinajstić information content (AvgIpc) is 2.35. The van der Waals surface area contributed by atoms with Crippen LogP contribution in [0, 0.1) is 0 Å². The van der Waals surface area contributed by atoms with Crippen molar-refractivity contribution in [1.29, 1.82) is 0 Å². The Balaban J connectivity index is 1.11. The van der Waals surface area contributed by atoms with Crippen molar-refractivity contribution >= 4 is 30.2 Å². The first-order valence-electron chi connectivity index (χ1n) is 25.5. The number of hydrogen-bond acceptors (Lipinski definition) is 29. The Bertz CT molecular complexity index is 3020. The number of fused-ring (bicyclic) bond motifs is 1. The Morgan fingerprint density at radius 1 is 0.524 bits per heavy atom. The Labute approximate surface area is 476 Å². The van der Waals surface area contributed by atoms with E-state index in [-0.39, 0.29) is 62.9 Å². The number of phenolic OH excluding ortho intramolecular Hbond substituents is 5. The van der Waals surface area contributed by atoms with E-state index in [0.717, 1.165) is 36.4 Å². The van der Waals surface area contributed by atoms with Gasteiger partial charge in [-0.3, -0.25) is 0 Å². The van der Waals surface area contributed by atoms with E-state index in [9.17, 15) is 81.1 Å². The summed E-state index contributed by atoms with van der Waals surface area (Å²) in [7, 11) is 5.18. The molecule has 84 heavy (non-hydrogen) atoms. The number of ether oxygens (including phenoxy) is 13. The lowest BCUT2D eigenvalue weighted by Crippen LogP contribution is -2.64. The van der Waals surface area contributed by atoms with E-state index in [1.165, 1.54) is 77.0 Å². The maximum atomic E-state index is 13.2. The molecule has 4 aliphatic heterocycles. The van der Waals surface area contributed by atoms with E-state index in [1.54, 1.807) is 0 Å². The van der Waals surface area contributed by atoms with Crippen molar-refractivity contribution in [3.63, 3.8) is 0 Å². The summed E-state index contributed by atoms with van der Waals surface area (Å²) in [6, 6.07) is 11.1. The Kier molecular flexibility index (Phi) is 19.8. The van der Waals surface area contributed by atoms with Gasteiger partial charge < -0.3 is 133 Å². The van der Waals surface area contributed by atoms with Gasteiger partial charge in [-0.15, -0.1) is 0 Å². The molecule has 29 heteroatoms. The molecule has 8 rings (SSSR count). The lowest BCUT2D eigenvalue weighted by Gasteiger charge is -2.46. The molecular weight excluding hydrogens is 1120 g/mol. The van der Waals surface area contributed by atoms with Gasteiger partial charge in [0.05, 0.1) is 40.6 Å². The largest absolute Gasteiger partial charge is 0.508 e. The molecule has 16 atom stereocenters. The fourth-order valence-electron chi connectivity index (χ4n) is 9.16. The fourth-order valence-corrected chi connectivity index (χ4v) is 9.16. The minimum absolute atomic E-state index is 0.00950. The summed E-state index contributed by atoms with van der Waals surface area (Å²) in [4.78, 5) is 26.2. The third-order valence-electron chi connectivity index (χ3n) is 13.7. The molecule has 29 nitrogen and oxygen atoms in total. The molecule has 456 valence electrons. The number of hydrogen-bond donors (Lipinski definition) is 14. The second-order valence-electron chi connectivity index (χ2n) is 19.2. The summed E-state index contributed by atoms with van der Waals surface area (Å²) < 4.78 is 73.7. The molecule has 1 unspecified atom stereocenters. The number of carbonyl (C=O) groups excluding carboxylic acids is 2. The van der Waals surface area contributed by atoms with Gasteiger partial charge >= 0.3 is 11.9 Å². The van der Waals surface area contributed by atoms with Crippen molar-refractivity contribution in [3.8, 4) is 63.2 Å². The van der Waals surface area contributed by atoms with Crippen LogP contribution >= 0.6 is 0 Å². The van der Waals surface area contributed by atoms with Crippen LogP contribution in [0.3, 0.4) is 0 Å². The smallest absolute Gasteiger partial charge is 0.330 e. The number of esters is 2. The first kappa shape index (κ1) is 62.2. The molecule has 4 aromatic carbocycles. The number of aromatic hydroxyl groups is 5. The van der Waals surface area contributed by atoms with Gasteiger partial charge in [-0.2, -0.15) is 0 Å². The van der Waals surface area contributed by atoms with Gasteiger partial charge in [-0.1, -0.05) is 6.07 Å². The molecule has 3 saturated heterocycles. The minimum atomic E-state index is -2.19. The monoisotopic (exact) mass is 1190 g/mol. The molecule has 4 aliphatic rings. The van der Waals surface area contributed by atoms with Gasteiger partial charge in [0.25, 0.3) is 0 Å². The molecule has 0 saturated carbocycles.